The maximum atomic E-state index is 13.6. The van der Waals surface area contributed by atoms with Crippen LogP contribution in [-0.4, -0.2) is 73.9 Å². The van der Waals surface area contributed by atoms with Gasteiger partial charge in [0.25, 0.3) is 5.91 Å². The molecule has 1 aliphatic heterocycles. The fourth-order valence-corrected chi connectivity index (χ4v) is 7.99. The van der Waals surface area contributed by atoms with E-state index in [2.05, 4.69) is 66.0 Å². The van der Waals surface area contributed by atoms with Crippen molar-refractivity contribution in [2.75, 3.05) is 40.5 Å². The monoisotopic (exact) mass is 753 g/mol. The number of rotatable bonds is 11. The lowest BCUT2D eigenvalue weighted by Crippen LogP contribution is -2.48. The molecule has 1 N–H and O–H groups in total. The third-order valence-electron chi connectivity index (χ3n) is 10.7. The van der Waals surface area contributed by atoms with E-state index >= 15 is 0 Å². The van der Waals surface area contributed by atoms with Gasteiger partial charge in [-0.05, 0) is 80.8 Å². The van der Waals surface area contributed by atoms with E-state index < -0.39 is 8.32 Å². The molecule has 2 bridgehead atoms. The summed E-state index contributed by atoms with van der Waals surface area (Å²) in [6.07, 6.45) is 5.86. The fraction of sp³-hybridized carbons (Fsp3) is 0.605. The van der Waals surface area contributed by atoms with Crippen LogP contribution in [0.3, 0.4) is 0 Å². The van der Waals surface area contributed by atoms with Crippen molar-refractivity contribution in [1.82, 2.24) is 0 Å². The van der Waals surface area contributed by atoms with E-state index in [1.807, 2.05) is 55.5 Å². The van der Waals surface area contributed by atoms with Gasteiger partial charge in [-0.2, -0.15) is 0 Å². The van der Waals surface area contributed by atoms with E-state index in [9.17, 15) is 4.79 Å². The Bertz CT molecular complexity index is 1500. The van der Waals surface area contributed by atoms with Crippen LogP contribution in [0, 0.1) is 11.8 Å². The summed E-state index contributed by atoms with van der Waals surface area (Å²) >= 11 is 0. The van der Waals surface area contributed by atoms with Crippen LogP contribution >= 0.6 is 0 Å². The first kappa shape index (κ1) is 44.4. The second-order valence-electron chi connectivity index (χ2n) is 16.1. The molecule has 9 nitrogen and oxygen atoms in total. The van der Waals surface area contributed by atoms with Gasteiger partial charge in [-0.3, -0.25) is 4.79 Å². The maximum absolute atomic E-state index is 13.6. The third-order valence-corrected chi connectivity index (χ3v) is 15.2. The Kier molecular flexibility index (Phi) is 17.3. The molecular weight excluding hydrogens is 687 g/mol. The highest BCUT2D eigenvalue weighted by Gasteiger charge is 2.41. The number of anilines is 1. The highest BCUT2D eigenvalue weighted by atomic mass is 28.4. The molecule has 296 valence electrons. The molecule has 3 rings (SSSR count). The maximum Gasteiger partial charge on any atom is 0.250 e. The van der Waals surface area contributed by atoms with Crippen LogP contribution in [0.4, 0.5) is 5.69 Å². The van der Waals surface area contributed by atoms with Gasteiger partial charge in [0.1, 0.15) is 13.4 Å². The number of ether oxygens (including phenoxy) is 6. The molecule has 53 heavy (non-hydrogen) atoms. The van der Waals surface area contributed by atoms with Crippen LogP contribution in [0.1, 0.15) is 78.9 Å². The molecule has 0 aliphatic carbocycles. The summed E-state index contributed by atoms with van der Waals surface area (Å²) in [5.41, 5.74) is 4.32. The second kappa shape index (κ2) is 20.6. The molecule has 10 heteroatoms. The first-order chi connectivity index (χ1) is 25.0. The van der Waals surface area contributed by atoms with Crippen molar-refractivity contribution >= 4 is 19.9 Å². The van der Waals surface area contributed by atoms with Crippen molar-refractivity contribution < 1.29 is 37.6 Å². The van der Waals surface area contributed by atoms with Crippen molar-refractivity contribution in [2.45, 2.75) is 123 Å². The Morgan fingerprint density at radius 1 is 0.943 bits per heavy atom. The normalized spacial score (nSPS) is 26.2. The number of amides is 1. The molecule has 0 saturated carbocycles. The lowest BCUT2D eigenvalue weighted by atomic mass is 9.87. The molecule has 0 radical (unpaired) electrons. The zero-order valence-corrected chi connectivity index (χ0v) is 35.7. The second-order valence-corrected chi connectivity index (χ2v) is 20.8. The van der Waals surface area contributed by atoms with Gasteiger partial charge in [-0.15, -0.1) is 0 Å². The highest BCUT2D eigenvalue weighted by molar-refractivity contribution is 6.74. The van der Waals surface area contributed by atoms with Gasteiger partial charge >= 0.3 is 0 Å². The quantitative estimate of drug-likeness (QED) is 0.138. The molecule has 2 aromatic carbocycles. The number of hydrogen-bond donors (Lipinski definition) is 1. The van der Waals surface area contributed by atoms with Gasteiger partial charge in [0.15, 0.2) is 19.8 Å². The van der Waals surface area contributed by atoms with Crippen molar-refractivity contribution in [2.24, 2.45) is 11.8 Å². The first-order valence-electron chi connectivity index (χ1n) is 18.9. The van der Waals surface area contributed by atoms with E-state index in [-0.39, 0.29) is 54.0 Å². The summed E-state index contributed by atoms with van der Waals surface area (Å²) in [6, 6.07) is 13.8. The first-order valence-corrected chi connectivity index (χ1v) is 21.8. The summed E-state index contributed by atoms with van der Waals surface area (Å²) in [4.78, 5) is 13.6. The predicted molar refractivity (Wildman–Crippen MR) is 216 cm³/mol. The van der Waals surface area contributed by atoms with Crippen LogP contribution in [0.25, 0.3) is 0 Å². The van der Waals surface area contributed by atoms with Crippen LogP contribution in [0.15, 0.2) is 65.8 Å². The van der Waals surface area contributed by atoms with Crippen molar-refractivity contribution in [3.05, 3.63) is 76.9 Å². The number of fused-ring (bicyclic) bond motifs is 2. The summed E-state index contributed by atoms with van der Waals surface area (Å²) in [5.74, 6) is 1.15. The zero-order chi connectivity index (χ0) is 39.3. The van der Waals surface area contributed by atoms with Gasteiger partial charge in [0, 0.05) is 50.1 Å². The number of hydrogen-bond acceptors (Lipinski definition) is 8. The minimum atomic E-state index is -2.21. The predicted octanol–water partition coefficient (Wildman–Crippen LogP) is 9.51. The fourth-order valence-electron chi connectivity index (χ4n) is 6.66. The number of carbonyl (C=O) groups is 1. The van der Waals surface area contributed by atoms with Crippen LogP contribution in [-0.2, 0) is 41.2 Å². The molecule has 0 aromatic heterocycles. The van der Waals surface area contributed by atoms with Crippen LogP contribution in [0.2, 0.25) is 18.1 Å². The molecule has 2 aromatic rings. The number of allylic oxidation sites excluding steroid dienone is 1. The minimum absolute atomic E-state index is 0.00346. The van der Waals surface area contributed by atoms with Gasteiger partial charge < -0.3 is 38.2 Å². The Morgan fingerprint density at radius 3 is 2.23 bits per heavy atom. The summed E-state index contributed by atoms with van der Waals surface area (Å²) < 4.78 is 43.7. The zero-order valence-electron chi connectivity index (χ0n) is 34.7. The Balaban J connectivity index is 2.13. The summed E-state index contributed by atoms with van der Waals surface area (Å²) in [7, 11) is 4.57. The molecule has 0 fully saturated rings. The molecule has 6 atom stereocenters. The largest absolute Gasteiger partial charge is 0.493 e. The van der Waals surface area contributed by atoms with Gasteiger partial charge in [0.05, 0.1) is 31.5 Å². The highest BCUT2D eigenvalue weighted by Crippen LogP contribution is 2.40. The third kappa shape index (κ3) is 12.8. The van der Waals surface area contributed by atoms with E-state index in [1.54, 1.807) is 28.4 Å². The minimum Gasteiger partial charge on any atom is -0.493 e. The summed E-state index contributed by atoms with van der Waals surface area (Å²) in [5, 5.41) is 3.14. The number of carbonyl (C=O) groups excluding carboxylic acids is 1. The van der Waals surface area contributed by atoms with Crippen LogP contribution < -0.4 is 14.8 Å². The molecule has 1 aliphatic rings. The van der Waals surface area contributed by atoms with Crippen molar-refractivity contribution in [1.29, 1.82) is 0 Å². The van der Waals surface area contributed by atoms with Gasteiger partial charge in [-0.25, -0.2) is 0 Å². The van der Waals surface area contributed by atoms with Crippen molar-refractivity contribution in [3.63, 3.8) is 0 Å². The van der Waals surface area contributed by atoms with Gasteiger partial charge in [0.2, 0.25) is 0 Å². The SMILES string of the molecule is COCO[C@H]1[C@@H](OC)C[C@H](C)Cc2cc(cc(OCc3ccccc3)c2OC)NC(=O)/C(C)=C/CC[C@H](OC)[C@@H](O[Si](C)(C)C(C)(C)C)/C(C)=C/[C@@H]1C. The van der Waals surface area contributed by atoms with Gasteiger partial charge in [-0.1, -0.05) is 77.1 Å². The van der Waals surface area contributed by atoms with E-state index in [4.69, 9.17) is 32.8 Å². The van der Waals surface area contributed by atoms with E-state index in [0.717, 1.165) is 16.7 Å². The molecule has 1 heterocycles. The van der Waals surface area contributed by atoms with E-state index in [0.29, 0.717) is 55.0 Å². The number of benzene rings is 2. The molecule has 1 amide bonds. The lowest BCUT2D eigenvalue weighted by Gasteiger charge is -2.42. The topological polar surface area (TPSA) is 93.7 Å². The Hall–Kier alpha value is -2.99. The standard InChI is InChI=1S/C43H67NO8Si/c1-29-22-34-25-35(26-38(41(34)49-11)50-27-33-19-15-14-16-20-33)44-42(45)30(2)18-17-21-36(47-9)40(52-53(12,13)43(5,6)7)32(4)24-31(3)39(51-28-46-8)37(23-29)48-10/h14-16,18-20,24-26,29,31,36-37,39-40H,17,21-23,27-28H2,1-13H3,(H,44,45)/b30-18+,32-24+/t29-,31+,36+,37+,39-,40+/m1/s1. The van der Waals surface area contributed by atoms with Crippen molar-refractivity contribution in [3.8, 4) is 11.5 Å². The molecule has 0 saturated heterocycles. The lowest BCUT2D eigenvalue weighted by molar-refractivity contribution is -0.136. The Morgan fingerprint density at radius 2 is 1.62 bits per heavy atom. The number of nitrogens with one attached hydrogen (secondary N) is 1. The summed E-state index contributed by atoms with van der Waals surface area (Å²) in [6.45, 7) is 20.1. The molecule has 0 spiro atoms. The molecular formula is C43H67NO8Si. The Labute approximate surface area is 320 Å². The average molecular weight is 754 g/mol. The van der Waals surface area contributed by atoms with Crippen LogP contribution in [0.5, 0.6) is 11.5 Å². The molecule has 0 unspecified atom stereocenters. The smallest absolute Gasteiger partial charge is 0.250 e. The average Bonchev–Trinajstić information content (AvgIpc) is 3.10. The number of methoxy groups -OCH3 is 4. The van der Waals surface area contributed by atoms with E-state index in [1.165, 1.54) is 0 Å².